The van der Waals surface area contributed by atoms with Gasteiger partial charge in [0.1, 0.15) is 11.9 Å². The highest BCUT2D eigenvalue weighted by molar-refractivity contribution is 6.30. The maximum atomic E-state index is 13.8. The van der Waals surface area contributed by atoms with E-state index in [1.54, 1.807) is 29.2 Å². The second-order valence-corrected chi connectivity index (χ2v) is 9.94. The number of hydrogen-bond donors (Lipinski definition) is 1. The minimum atomic E-state index is -0.703. The molecule has 3 aromatic rings. The number of nitrogens with zero attached hydrogens (tertiary/aromatic N) is 1. The van der Waals surface area contributed by atoms with Crippen molar-refractivity contribution in [2.45, 2.75) is 63.6 Å². The highest BCUT2D eigenvalue weighted by atomic mass is 35.5. The van der Waals surface area contributed by atoms with Crippen LogP contribution in [-0.2, 0) is 29.0 Å². The zero-order valence-electron chi connectivity index (χ0n) is 20.3. The van der Waals surface area contributed by atoms with Crippen molar-refractivity contribution in [1.82, 2.24) is 10.2 Å². The summed E-state index contributed by atoms with van der Waals surface area (Å²) in [6, 6.07) is 22.4. The molecule has 1 saturated carbocycles. The van der Waals surface area contributed by atoms with Crippen LogP contribution in [0.15, 0.2) is 78.9 Å². The molecule has 3 aromatic carbocycles. The van der Waals surface area contributed by atoms with E-state index in [2.05, 4.69) is 5.32 Å². The molecule has 188 valence electrons. The van der Waals surface area contributed by atoms with E-state index in [1.807, 2.05) is 42.5 Å². The van der Waals surface area contributed by atoms with Crippen LogP contribution in [0.25, 0.3) is 0 Å². The van der Waals surface area contributed by atoms with Gasteiger partial charge in [-0.15, -0.1) is 0 Å². The SMILES string of the molecule is O=C(NC1CCCCC1)[C@@H](Cc1ccccc1)N(Cc1ccc(F)cc1)C(=O)Cc1cccc(Cl)c1. The highest BCUT2D eigenvalue weighted by Crippen LogP contribution is 2.21. The van der Waals surface area contributed by atoms with Crippen LogP contribution in [0.2, 0.25) is 5.02 Å². The van der Waals surface area contributed by atoms with Crippen LogP contribution in [0.3, 0.4) is 0 Å². The predicted molar refractivity (Wildman–Crippen MR) is 141 cm³/mol. The van der Waals surface area contributed by atoms with Gasteiger partial charge in [-0.2, -0.15) is 0 Å². The third kappa shape index (κ3) is 7.41. The normalized spacial score (nSPS) is 14.7. The largest absolute Gasteiger partial charge is 0.352 e. The van der Waals surface area contributed by atoms with Crippen LogP contribution in [0.1, 0.15) is 48.8 Å². The number of carbonyl (C=O) groups excluding carboxylic acids is 2. The molecule has 1 aliphatic carbocycles. The summed E-state index contributed by atoms with van der Waals surface area (Å²) in [5, 5.41) is 3.79. The average molecular weight is 507 g/mol. The summed E-state index contributed by atoms with van der Waals surface area (Å²) >= 11 is 6.16. The lowest BCUT2D eigenvalue weighted by atomic mass is 9.94. The molecule has 1 atom stereocenters. The Bertz CT molecular complexity index is 1150. The van der Waals surface area contributed by atoms with Gasteiger partial charge in [0.25, 0.3) is 0 Å². The molecule has 0 aromatic heterocycles. The van der Waals surface area contributed by atoms with E-state index in [0.717, 1.165) is 42.4 Å². The number of carbonyl (C=O) groups is 2. The second-order valence-electron chi connectivity index (χ2n) is 9.50. The summed E-state index contributed by atoms with van der Waals surface area (Å²) in [5.74, 6) is -0.667. The third-order valence-corrected chi connectivity index (χ3v) is 6.97. The van der Waals surface area contributed by atoms with E-state index in [0.29, 0.717) is 11.4 Å². The van der Waals surface area contributed by atoms with Crippen molar-refractivity contribution in [2.75, 3.05) is 0 Å². The molecule has 0 bridgehead atoms. The van der Waals surface area contributed by atoms with Crippen molar-refractivity contribution < 1.29 is 14.0 Å². The van der Waals surface area contributed by atoms with Crippen LogP contribution in [0.4, 0.5) is 4.39 Å². The van der Waals surface area contributed by atoms with Gasteiger partial charge in [-0.25, -0.2) is 4.39 Å². The fourth-order valence-corrected chi connectivity index (χ4v) is 5.02. The molecule has 0 saturated heterocycles. The second kappa shape index (κ2) is 12.7. The molecule has 0 spiro atoms. The summed E-state index contributed by atoms with van der Waals surface area (Å²) < 4.78 is 13.6. The van der Waals surface area contributed by atoms with Crippen molar-refractivity contribution in [3.8, 4) is 0 Å². The fourth-order valence-electron chi connectivity index (χ4n) is 4.81. The number of rotatable bonds is 9. The Morgan fingerprint density at radius 2 is 1.58 bits per heavy atom. The van der Waals surface area contributed by atoms with E-state index >= 15 is 0 Å². The molecule has 4 nitrogen and oxygen atoms in total. The van der Waals surface area contributed by atoms with E-state index in [-0.39, 0.29) is 36.6 Å². The van der Waals surface area contributed by atoms with Gasteiger partial charge < -0.3 is 10.2 Å². The molecule has 2 amide bonds. The molecule has 0 radical (unpaired) electrons. The minimum absolute atomic E-state index is 0.115. The lowest BCUT2D eigenvalue weighted by Crippen LogP contribution is -2.53. The lowest BCUT2D eigenvalue weighted by Gasteiger charge is -2.33. The first kappa shape index (κ1) is 25.9. The Kier molecular flexibility index (Phi) is 9.12. The van der Waals surface area contributed by atoms with E-state index < -0.39 is 6.04 Å². The Hall–Kier alpha value is -3.18. The van der Waals surface area contributed by atoms with Gasteiger partial charge in [0, 0.05) is 24.0 Å². The number of nitrogens with one attached hydrogen (secondary N) is 1. The monoisotopic (exact) mass is 506 g/mol. The molecule has 36 heavy (non-hydrogen) atoms. The maximum absolute atomic E-state index is 13.8. The molecule has 1 aliphatic rings. The topological polar surface area (TPSA) is 49.4 Å². The summed E-state index contributed by atoms with van der Waals surface area (Å²) in [7, 11) is 0. The molecule has 4 rings (SSSR count). The molecule has 1 fully saturated rings. The van der Waals surface area contributed by atoms with Gasteiger partial charge in [-0.3, -0.25) is 9.59 Å². The maximum Gasteiger partial charge on any atom is 0.243 e. The summed E-state index contributed by atoms with van der Waals surface area (Å²) in [6.45, 7) is 0.204. The number of benzene rings is 3. The van der Waals surface area contributed by atoms with E-state index in [9.17, 15) is 14.0 Å². The third-order valence-electron chi connectivity index (χ3n) is 6.73. The van der Waals surface area contributed by atoms with E-state index in [4.69, 9.17) is 11.6 Å². The minimum Gasteiger partial charge on any atom is -0.352 e. The zero-order chi connectivity index (χ0) is 25.3. The summed E-state index contributed by atoms with van der Waals surface area (Å²) in [6.07, 6.45) is 5.80. The first-order chi connectivity index (χ1) is 17.5. The van der Waals surface area contributed by atoms with Crippen molar-refractivity contribution in [1.29, 1.82) is 0 Å². The van der Waals surface area contributed by atoms with Crippen LogP contribution in [-0.4, -0.2) is 28.8 Å². The number of amides is 2. The van der Waals surface area contributed by atoms with Crippen molar-refractivity contribution in [3.05, 3.63) is 106 Å². The van der Waals surface area contributed by atoms with Gasteiger partial charge in [0.2, 0.25) is 11.8 Å². The van der Waals surface area contributed by atoms with Crippen molar-refractivity contribution in [3.63, 3.8) is 0 Å². The molecule has 1 N–H and O–H groups in total. The molecule has 0 aliphatic heterocycles. The van der Waals surface area contributed by atoms with Gasteiger partial charge >= 0.3 is 0 Å². The Balaban J connectivity index is 1.65. The van der Waals surface area contributed by atoms with Crippen LogP contribution < -0.4 is 5.32 Å². The Labute approximate surface area is 217 Å². The van der Waals surface area contributed by atoms with E-state index in [1.165, 1.54) is 18.6 Å². The van der Waals surface area contributed by atoms with Crippen LogP contribution in [0.5, 0.6) is 0 Å². The van der Waals surface area contributed by atoms with Crippen molar-refractivity contribution >= 4 is 23.4 Å². The molecular weight excluding hydrogens is 475 g/mol. The van der Waals surface area contributed by atoms with Crippen molar-refractivity contribution in [2.24, 2.45) is 0 Å². The molecule has 0 heterocycles. The number of halogens is 2. The average Bonchev–Trinajstić information content (AvgIpc) is 2.88. The predicted octanol–water partition coefficient (Wildman–Crippen LogP) is 6.11. The zero-order valence-corrected chi connectivity index (χ0v) is 21.1. The molecule has 0 unspecified atom stereocenters. The van der Waals surface area contributed by atoms with Gasteiger partial charge in [0.05, 0.1) is 6.42 Å². The summed E-state index contributed by atoms with van der Waals surface area (Å²) in [4.78, 5) is 29.1. The van der Waals surface area contributed by atoms with Gasteiger partial charge in [-0.05, 0) is 53.8 Å². The summed E-state index contributed by atoms with van der Waals surface area (Å²) in [5.41, 5.74) is 2.52. The molecular formula is C30H32ClFN2O2. The highest BCUT2D eigenvalue weighted by Gasteiger charge is 2.32. The van der Waals surface area contributed by atoms with Gasteiger partial charge in [0.15, 0.2) is 0 Å². The van der Waals surface area contributed by atoms with Crippen LogP contribution >= 0.6 is 11.6 Å². The Morgan fingerprint density at radius 3 is 2.28 bits per heavy atom. The first-order valence-corrected chi connectivity index (χ1v) is 13.0. The van der Waals surface area contributed by atoms with Gasteiger partial charge in [-0.1, -0.05) is 85.5 Å². The number of hydrogen-bond acceptors (Lipinski definition) is 2. The smallest absolute Gasteiger partial charge is 0.243 e. The van der Waals surface area contributed by atoms with Crippen LogP contribution in [0, 0.1) is 5.82 Å². The first-order valence-electron chi connectivity index (χ1n) is 12.6. The lowest BCUT2D eigenvalue weighted by molar-refractivity contribution is -0.141. The standard InChI is InChI=1S/C30H32ClFN2O2/c31-25-11-7-10-24(18-25)20-29(35)34(21-23-14-16-26(32)17-15-23)28(19-22-8-3-1-4-9-22)30(36)33-27-12-5-2-6-13-27/h1,3-4,7-11,14-18,27-28H,2,5-6,12-13,19-21H2,(H,33,36)/t28-/m1/s1. The fraction of sp³-hybridized carbons (Fsp3) is 0.333. The quantitative estimate of drug-likeness (QED) is 0.380. The molecule has 6 heteroatoms. The Morgan fingerprint density at radius 1 is 0.889 bits per heavy atom.